The maximum Gasteiger partial charge on any atom is 0.241 e. The Bertz CT molecular complexity index is 490. The Morgan fingerprint density at radius 1 is 1.35 bits per heavy atom. The van der Waals surface area contributed by atoms with E-state index >= 15 is 0 Å². The van der Waals surface area contributed by atoms with Crippen LogP contribution in [0.1, 0.15) is 13.3 Å². The van der Waals surface area contributed by atoms with Gasteiger partial charge in [0.1, 0.15) is 0 Å². The number of rotatable bonds is 3. The highest BCUT2D eigenvalue weighted by Gasteiger charge is 2.34. The van der Waals surface area contributed by atoms with Crippen molar-refractivity contribution >= 4 is 15.7 Å². The van der Waals surface area contributed by atoms with Gasteiger partial charge in [-0.1, -0.05) is 0 Å². The van der Waals surface area contributed by atoms with Crippen LogP contribution in [0.4, 0.5) is 5.69 Å². The van der Waals surface area contributed by atoms with E-state index in [-0.39, 0.29) is 4.90 Å². The summed E-state index contributed by atoms with van der Waals surface area (Å²) in [6, 6.07) is 6.14. The minimum atomic E-state index is -3.50. The summed E-state index contributed by atoms with van der Waals surface area (Å²) >= 11 is 0. The van der Waals surface area contributed by atoms with Crippen molar-refractivity contribution < 1.29 is 13.2 Å². The van der Waals surface area contributed by atoms with Gasteiger partial charge in [-0.15, -0.1) is 0 Å². The monoisotopic (exact) mass is 256 g/mol. The molecule has 1 heterocycles. The molecule has 1 aliphatic heterocycles. The molecule has 1 atom stereocenters. The first kappa shape index (κ1) is 12.3. The van der Waals surface area contributed by atoms with Gasteiger partial charge in [0.2, 0.25) is 10.0 Å². The van der Waals surface area contributed by atoms with E-state index in [0.29, 0.717) is 25.3 Å². The van der Waals surface area contributed by atoms with Crippen molar-refractivity contribution in [1.29, 1.82) is 0 Å². The number of nitrogens with two attached hydrogens (primary N) is 1. The summed E-state index contributed by atoms with van der Waals surface area (Å²) in [5, 5.41) is 0. The maximum absolute atomic E-state index is 12.1. The van der Waals surface area contributed by atoms with Gasteiger partial charge in [-0.05, 0) is 37.6 Å². The third-order valence-corrected chi connectivity index (χ3v) is 4.44. The van der Waals surface area contributed by atoms with Gasteiger partial charge >= 0.3 is 0 Å². The van der Waals surface area contributed by atoms with Gasteiger partial charge in [-0.3, -0.25) is 0 Å². The van der Waals surface area contributed by atoms with Crippen LogP contribution in [-0.2, 0) is 14.8 Å². The zero-order valence-electron chi connectivity index (χ0n) is 9.64. The van der Waals surface area contributed by atoms with E-state index in [1.54, 1.807) is 12.1 Å². The first-order valence-corrected chi connectivity index (χ1v) is 6.87. The Morgan fingerprint density at radius 2 is 2.00 bits per heavy atom. The van der Waals surface area contributed by atoms with E-state index < -0.39 is 15.6 Å². The minimum absolute atomic E-state index is 0.222. The Kier molecular flexibility index (Phi) is 3.11. The van der Waals surface area contributed by atoms with Gasteiger partial charge in [-0.25, -0.2) is 13.1 Å². The summed E-state index contributed by atoms with van der Waals surface area (Å²) in [5.74, 6) is 0. The molecule has 1 aliphatic rings. The summed E-state index contributed by atoms with van der Waals surface area (Å²) in [6.07, 6.45) is 0.682. The predicted molar refractivity (Wildman–Crippen MR) is 65.0 cm³/mol. The molecule has 2 rings (SSSR count). The van der Waals surface area contributed by atoms with Crippen LogP contribution in [0.15, 0.2) is 29.2 Å². The van der Waals surface area contributed by atoms with Crippen LogP contribution in [0.3, 0.4) is 0 Å². The van der Waals surface area contributed by atoms with E-state index in [2.05, 4.69) is 4.72 Å². The van der Waals surface area contributed by atoms with Crippen LogP contribution in [0.5, 0.6) is 0 Å². The van der Waals surface area contributed by atoms with Crippen LogP contribution in [0.25, 0.3) is 0 Å². The average molecular weight is 256 g/mol. The number of ether oxygens (including phenoxy) is 1. The van der Waals surface area contributed by atoms with Gasteiger partial charge in [-0.2, -0.15) is 0 Å². The highest BCUT2D eigenvalue weighted by molar-refractivity contribution is 7.89. The van der Waals surface area contributed by atoms with E-state index in [4.69, 9.17) is 10.5 Å². The molecule has 1 fully saturated rings. The molecule has 0 aliphatic carbocycles. The van der Waals surface area contributed by atoms with Gasteiger partial charge in [0, 0.05) is 12.3 Å². The molecule has 0 saturated carbocycles. The van der Waals surface area contributed by atoms with Crippen molar-refractivity contribution in [1.82, 2.24) is 4.72 Å². The van der Waals surface area contributed by atoms with Crippen molar-refractivity contribution in [2.75, 3.05) is 18.9 Å². The van der Waals surface area contributed by atoms with Crippen molar-refractivity contribution in [2.45, 2.75) is 23.8 Å². The third-order valence-electron chi connectivity index (χ3n) is 2.79. The molecule has 5 nitrogen and oxygen atoms in total. The number of hydrogen-bond acceptors (Lipinski definition) is 4. The number of benzene rings is 1. The smallest absolute Gasteiger partial charge is 0.241 e. The molecule has 0 radical (unpaired) electrons. The molecular formula is C11H16N2O3S. The first-order valence-electron chi connectivity index (χ1n) is 5.39. The number of nitrogen functional groups attached to an aromatic ring is 1. The first-order chi connectivity index (χ1) is 7.91. The molecule has 3 N–H and O–H groups in total. The standard InChI is InChI=1S/C11H16N2O3S/c1-11(6-7-16-8-11)13-17(14,15)10-4-2-9(12)3-5-10/h2-5,13H,6-8,12H2,1H3. The fourth-order valence-electron chi connectivity index (χ4n) is 1.78. The van der Waals surface area contributed by atoms with Crippen molar-refractivity contribution in [2.24, 2.45) is 0 Å². The molecule has 6 heteroatoms. The molecule has 17 heavy (non-hydrogen) atoms. The molecule has 0 aromatic heterocycles. The van der Waals surface area contributed by atoms with E-state index in [9.17, 15) is 8.42 Å². The average Bonchev–Trinajstić information content (AvgIpc) is 2.64. The number of sulfonamides is 1. The molecule has 0 spiro atoms. The third kappa shape index (κ3) is 2.77. The van der Waals surface area contributed by atoms with Crippen LogP contribution < -0.4 is 10.5 Å². The summed E-state index contributed by atoms with van der Waals surface area (Å²) in [6.45, 7) is 2.83. The van der Waals surface area contributed by atoms with Crippen LogP contribution in [0, 0.1) is 0 Å². The lowest BCUT2D eigenvalue weighted by Crippen LogP contribution is -2.46. The Balaban J connectivity index is 2.22. The quantitative estimate of drug-likeness (QED) is 0.781. The van der Waals surface area contributed by atoms with Crippen LogP contribution >= 0.6 is 0 Å². The Hall–Kier alpha value is -1.11. The molecule has 0 bridgehead atoms. The molecule has 0 amide bonds. The maximum atomic E-state index is 12.1. The molecule has 94 valence electrons. The largest absolute Gasteiger partial charge is 0.399 e. The van der Waals surface area contributed by atoms with Gasteiger partial charge in [0.05, 0.1) is 17.0 Å². The summed E-state index contributed by atoms with van der Waals surface area (Å²) in [4.78, 5) is 0.222. The van der Waals surface area contributed by atoms with Gasteiger partial charge in [0.15, 0.2) is 0 Å². The SMILES string of the molecule is CC1(NS(=O)(=O)c2ccc(N)cc2)CCOC1. The van der Waals surface area contributed by atoms with E-state index in [0.717, 1.165) is 0 Å². The minimum Gasteiger partial charge on any atom is -0.399 e. The lowest BCUT2D eigenvalue weighted by molar-refractivity contribution is 0.178. The lowest BCUT2D eigenvalue weighted by atomic mass is 10.0. The zero-order chi connectivity index (χ0) is 12.5. The Morgan fingerprint density at radius 3 is 2.53 bits per heavy atom. The van der Waals surface area contributed by atoms with E-state index in [1.807, 2.05) is 6.92 Å². The summed E-state index contributed by atoms with van der Waals surface area (Å²) in [7, 11) is -3.50. The molecule has 1 aromatic rings. The van der Waals surface area contributed by atoms with Crippen molar-refractivity contribution in [3.63, 3.8) is 0 Å². The second kappa shape index (κ2) is 4.29. The molecule has 1 unspecified atom stereocenters. The topological polar surface area (TPSA) is 81.4 Å². The fraction of sp³-hybridized carbons (Fsp3) is 0.455. The van der Waals surface area contributed by atoms with Crippen molar-refractivity contribution in [3.8, 4) is 0 Å². The number of anilines is 1. The normalized spacial score (nSPS) is 25.0. The number of hydrogen-bond donors (Lipinski definition) is 2. The summed E-state index contributed by atoms with van der Waals surface area (Å²) < 4.78 is 32.1. The molecule has 1 saturated heterocycles. The molecular weight excluding hydrogens is 240 g/mol. The summed E-state index contributed by atoms with van der Waals surface area (Å²) in [5.41, 5.74) is 5.55. The second-order valence-corrected chi connectivity index (χ2v) is 6.22. The highest BCUT2D eigenvalue weighted by atomic mass is 32.2. The highest BCUT2D eigenvalue weighted by Crippen LogP contribution is 2.21. The Labute approximate surface area is 101 Å². The lowest BCUT2D eigenvalue weighted by Gasteiger charge is -2.23. The predicted octanol–water partition coefficient (Wildman–Crippen LogP) is 0.726. The number of nitrogens with one attached hydrogen (secondary N) is 1. The van der Waals surface area contributed by atoms with E-state index in [1.165, 1.54) is 12.1 Å². The molecule has 1 aromatic carbocycles. The second-order valence-electron chi connectivity index (χ2n) is 4.54. The fourth-order valence-corrected chi connectivity index (χ4v) is 3.20. The van der Waals surface area contributed by atoms with Gasteiger partial charge in [0.25, 0.3) is 0 Å². The van der Waals surface area contributed by atoms with Crippen molar-refractivity contribution in [3.05, 3.63) is 24.3 Å². The van der Waals surface area contributed by atoms with Crippen LogP contribution in [-0.4, -0.2) is 27.2 Å². The van der Waals surface area contributed by atoms with Gasteiger partial charge < -0.3 is 10.5 Å². The van der Waals surface area contributed by atoms with Crippen LogP contribution in [0.2, 0.25) is 0 Å². The zero-order valence-corrected chi connectivity index (χ0v) is 10.5.